The fourth-order valence-electron chi connectivity index (χ4n) is 3.34. The fourth-order valence-corrected chi connectivity index (χ4v) is 4.44. The maximum atomic E-state index is 12.4. The number of fused-ring (bicyclic) bond motifs is 1. The molecule has 0 bridgehead atoms. The Balaban J connectivity index is 1.32. The minimum Gasteiger partial charge on any atom is -0.348 e. The Hall–Kier alpha value is -3.01. The van der Waals surface area contributed by atoms with Gasteiger partial charge in [-0.2, -0.15) is 0 Å². The van der Waals surface area contributed by atoms with Gasteiger partial charge in [0.2, 0.25) is 10.0 Å². The molecule has 0 spiro atoms. The zero-order valence-corrected chi connectivity index (χ0v) is 17.1. The first-order chi connectivity index (χ1) is 14.4. The maximum Gasteiger partial charge on any atom is 0.253 e. The topological polar surface area (TPSA) is 119 Å². The number of hydrogen-bond donors (Lipinski definition) is 3. The number of rotatable bonds is 8. The number of nitrogens with zero attached hydrogens (tertiary/aromatic N) is 2. The standard InChI is InChI=1S/C21H23N5O3S/c22-11-16-9-17(10-16)13-25-30(28,29)19-4-1-15(2-5-19)12-24-21(27)18-3-6-20-23-7-8-26(20)14-18/h1-9,14,17,25H,10-13,22H2,(H,24,27). The Morgan fingerprint density at radius 3 is 2.70 bits per heavy atom. The molecule has 156 valence electrons. The molecule has 9 heteroatoms. The van der Waals surface area contributed by atoms with Gasteiger partial charge in [-0.25, -0.2) is 18.1 Å². The van der Waals surface area contributed by atoms with Crippen LogP contribution in [0.1, 0.15) is 22.3 Å². The van der Waals surface area contributed by atoms with E-state index in [1.165, 1.54) is 0 Å². The van der Waals surface area contributed by atoms with Crippen molar-refractivity contribution in [3.05, 3.63) is 77.8 Å². The Morgan fingerprint density at radius 1 is 1.20 bits per heavy atom. The summed E-state index contributed by atoms with van der Waals surface area (Å²) in [6, 6.07) is 9.98. The second-order valence-electron chi connectivity index (χ2n) is 7.28. The summed E-state index contributed by atoms with van der Waals surface area (Å²) < 4.78 is 29.3. The molecule has 1 amide bonds. The molecule has 4 N–H and O–H groups in total. The van der Waals surface area contributed by atoms with Crippen molar-refractivity contribution >= 4 is 21.6 Å². The van der Waals surface area contributed by atoms with Crippen molar-refractivity contribution < 1.29 is 13.2 Å². The van der Waals surface area contributed by atoms with Crippen LogP contribution in [0.2, 0.25) is 0 Å². The van der Waals surface area contributed by atoms with Crippen LogP contribution in [0.3, 0.4) is 0 Å². The van der Waals surface area contributed by atoms with Gasteiger partial charge in [0.15, 0.2) is 0 Å². The van der Waals surface area contributed by atoms with Gasteiger partial charge < -0.3 is 15.5 Å². The van der Waals surface area contributed by atoms with Crippen LogP contribution in [-0.4, -0.2) is 36.8 Å². The van der Waals surface area contributed by atoms with Crippen molar-refractivity contribution in [2.24, 2.45) is 11.7 Å². The molecule has 2 aromatic heterocycles. The van der Waals surface area contributed by atoms with Crippen LogP contribution in [0, 0.1) is 5.92 Å². The summed E-state index contributed by atoms with van der Waals surface area (Å²) in [6.07, 6.45) is 8.01. The van der Waals surface area contributed by atoms with Gasteiger partial charge in [0, 0.05) is 38.2 Å². The summed E-state index contributed by atoms with van der Waals surface area (Å²) in [5.74, 6) is -0.0104. The molecular weight excluding hydrogens is 402 g/mol. The highest BCUT2D eigenvalue weighted by atomic mass is 32.2. The molecule has 0 aliphatic heterocycles. The minimum absolute atomic E-state index is 0.200. The van der Waals surface area contributed by atoms with Crippen molar-refractivity contribution in [2.75, 3.05) is 13.1 Å². The van der Waals surface area contributed by atoms with Crippen molar-refractivity contribution in [3.63, 3.8) is 0 Å². The molecule has 4 rings (SSSR count). The minimum atomic E-state index is -3.57. The average Bonchev–Trinajstić information content (AvgIpc) is 3.19. The first kappa shape index (κ1) is 20.3. The number of nitrogens with two attached hydrogens (primary N) is 1. The number of hydrogen-bond acceptors (Lipinski definition) is 5. The number of benzene rings is 1. The molecule has 0 radical (unpaired) electrons. The molecule has 0 fully saturated rings. The third kappa shape index (κ3) is 4.43. The van der Waals surface area contributed by atoms with E-state index in [9.17, 15) is 13.2 Å². The normalized spacial score (nSPS) is 16.2. The van der Waals surface area contributed by atoms with Crippen LogP contribution in [-0.2, 0) is 16.6 Å². The average molecular weight is 426 g/mol. The Bertz CT molecular complexity index is 1200. The Labute approximate surface area is 174 Å². The van der Waals surface area contributed by atoms with E-state index in [0.29, 0.717) is 25.2 Å². The predicted octanol–water partition coefficient (Wildman–Crippen LogP) is 1.45. The molecule has 0 saturated heterocycles. The van der Waals surface area contributed by atoms with Crippen LogP contribution < -0.4 is 15.8 Å². The first-order valence-electron chi connectivity index (χ1n) is 9.64. The van der Waals surface area contributed by atoms with Crippen molar-refractivity contribution in [1.82, 2.24) is 19.4 Å². The molecule has 1 unspecified atom stereocenters. The number of nitrogens with one attached hydrogen (secondary N) is 2. The fraction of sp³-hybridized carbons (Fsp3) is 0.238. The number of sulfonamides is 1. The number of carbonyl (C=O) groups is 1. The smallest absolute Gasteiger partial charge is 0.253 e. The summed E-state index contributed by atoms with van der Waals surface area (Å²) in [5.41, 5.74) is 8.80. The highest BCUT2D eigenvalue weighted by Gasteiger charge is 2.21. The SMILES string of the molecule is NCC1=CC(CNS(=O)(=O)c2ccc(CNC(=O)c3ccc4nccn4c3)cc2)C1. The predicted molar refractivity (Wildman–Crippen MR) is 113 cm³/mol. The summed E-state index contributed by atoms with van der Waals surface area (Å²) in [7, 11) is -3.57. The van der Waals surface area contributed by atoms with E-state index in [4.69, 9.17) is 5.73 Å². The largest absolute Gasteiger partial charge is 0.348 e. The Kier molecular flexibility index (Phi) is 5.67. The zero-order chi connectivity index (χ0) is 21.1. The molecule has 2 heterocycles. The zero-order valence-electron chi connectivity index (χ0n) is 16.3. The lowest BCUT2D eigenvalue weighted by Crippen LogP contribution is -2.32. The van der Waals surface area contributed by atoms with Crippen LogP contribution in [0.4, 0.5) is 0 Å². The van der Waals surface area contributed by atoms with Crippen LogP contribution in [0.5, 0.6) is 0 Å². The van der Waals surface area contributed by atoms with Crippen molar-refractivity contribution in [2.45, 2.75) is 17.9 Å². The van der Waals surface area contributed by atoms with Gasteiger partial charge >= 0.3 is 0 Å². The first-order valence-corrected chi connectivity index (χ1v) is 11.1. The number of pyridine rings is 1. The second kappa shape index (κ2) is 8.39. The van der Waals surface area contributed by atoms with Gasteiger partial charge in [0.25, 0.3) is 5.91 Å². The van der Waals surface area contributed by atoms with Crippen molar-refractivity contribution in [3.8, 4) is 0 Å². The molecule has 1 atom stereocenters. The number of imidazole rings is 1. The number of aromatic nitrogens is 2. The van der Waals surface area contributed by atoms with E-state index in [-0.39, 0.29) is 16.7 Å². The quantitative estimate of drug-likeness (QED) is 0.472. The van der Waals surface area contributed by atoms with Gasteiger partial charge in [-0.15, -0.1) is 0 Å². The van der Waals surface area contributed by atoms with Crippen LogP contribution in [0.15, 0.2) is 71.5 Å². The third-order valence-corrected chi connectivity index (χ3v) is 6.57. The molecule has 1 aliphatic rings. The maximum absolute atomic E-state index is 12.4. The van der Waals surface area contributed by atoms with E-state index in [1.54, 1.807) is 59.4 Å². The van der Waals surface area contributed by atoms with Crippen LogP contribution >= 0.6 is 0 Å². The number of amides is 1. The molecule has 8 nitrogen and oxygen atoms in total. The molecular formula is C21H23N5O3S. The molecule has 0 saturated carbocycles. The monoisotopic (exact) mass is 425 g/mol. The molecule has 1 aromatic carbocycles. The lowest BCUT2D eigenvalue weighted by Gasteiger charge is -2.24. The van der Waals surface area contributed by atoms with Gasteiger partial charge in [-0.3, -0.25) is 4.79 Å². The molecule has 3 aromatic rings. The number of carbonyl (C=O) groups excluding carboxylic acids is 1. The summed E-state index contributed by atoms with van der Waals surface area (Å²) in [5, 5.41) is 2.84. The third-order valence-electron chi connectivity index (χ3n) is 5.13. The van der Waals surface area contributed by atoms with Gasteiger partial charge in [0.05, 0.1) is 10.5 Å². The molecule has 30 heavy (non-hydrogen) atoms. The van der Waals surface area contributed by atoms with Crippen LogP contribution in [0.25, 0.3) is 5.65 Å². The van der Waals surface area contributed by atoms with E-state index in [2.05, 4.69) is 15.0 Å². The lowest BCUT2D eigenvalue weighted by molar-refractivity contribution is 0.0950. The van der Waals surface area contributed by atoms with Gasteiger partial charge in [-0.1, -0.05) is 23.8 Å². The lowest BCUT2D eigenvalue weighted by atomic mass is 9.87. The summed E-state index contributed by atoms with van der Waals surface area (Å²) in [6.45, 7) is 1.19. The highest BCUT2D eigenvalue weighted by molar-refractivity contribution is 7.89. The second-order valence-corrected chi connectivity index (χ2v) is 9.05. The van der Waals surface area contributed by atoms with Gasteiger partial charge in [0.1, 0.15) is 5.65 Å². The molecule has 1 aliphatic carbocycles. The summed E-state index contributed by atoms with van der Waals surface area (Å²) >= 11 is 0. The highest BCUT2D eigenvalue weighted by Crippen LogP contribution is 2.24. The van der Waals surface area contributed by atoms with E-state index >= 15 is 0 Å². The van der Waals surface area contributed by atoms with Gasteiger partial charge in [-0.05, 0) is 42.2 Å². The van der Waals surface area contributed by atoms with E-state index in [0.717, 1.165) is 23.2 Å². The van der Waals surface area contributed by atoms with E-state index in [1.807, 2.05) is 6.08 Å². The van der Waals surface area contributed by atoms with Crippen molar-refractivity contribution in [1.29, 1.82) is 0 Å². The summed E-state index contributed by atoms with van der Waals surface area (Å²) in [4.78, 5) is 16.7. The van der Waals surface area contributed by atoms with E-state index < -0.39 is 10.0 Å². The Morgan fingerprint density at radius 2 is 1.97 bits per heavy atom.